The largest absolute Gasteiger partial charge is 0.462 e. The lowest BCUT2D eigenvalue weighted by Crippen LogP contribution is -2.46. The molecule has 0 aliphatic heterocycles. The normalized spacial score (nSPS) is 13.6. The molecule has 0 aromatic carbocycles. The molecule has 356 valence electrons. The summed E-state index contributed by atoms with van der Waals surface area (Å²) in [5.41, 5.74) is 0. The van der Waals surface area contributed by atoms with Crippen molar-refractivity contribution in [3.05, 3.63) is 48.6 Å². The number of carbonyl (C=O) groups is 2. The molecule has 0 radical (unpaired) electrons. The number of ether oxygens (including phenoxy) is 1. The third-order valence-electron chi connectivity index (χ3n) is 11.9. The van der Waals surface area contributed by atoms with Gasteiger partial charge in [-0.15, -0.1) is 0 Å². The van der Waals surface area contributed by atoms with E-state index in [1.807, 2.05) is 0 Å². The van der Waals surface area contributed by atoms with Crippen molar-refractivity contribution in [3.63, 3.8) is 0 Å². The third-order valence-corrected chi connectivity index (χ3v) is 11.9. The lowest BCUT2D eigenvalue weighted by molar-refractivity contribution is -0.151. The second-order valence-corrected chi connectivity index (χ2v) is 17.9. The van der Waals surface area contributed by atoms with Crippen LogP contribution in [-0.2, 0) is 14.3 Å². The Balaban J connectivity index is 4.56. The summed E-state index contributed by atoms with van der Waals surface area (Å²) >= 11 is 0. The van der Waals surface area contributed by atoms with Crippen molar-refractivity contribution in [3.8, 4) is 0 Å². The van der Waals surface area contributed by atoms with E-state index in [1.165, 1.54) is 141 Å². The van der Waals surface area contributed by atoms with Gasteiger partial charge in [-0.25, -0.2) is 0 Å². The molecule has 0 aromatic rings. The Bertz CT molecular complexity index is 1050. The molecule has 0 bridgehead atoms. The van der Waals surface area contributed by atoms with Crippen LogP contribution in [0.2, 0.25) is 0 Å². The molecule has 0 saturated carbocycles. The summed E-state index contributed by atoms with van der Waals surface area (Å²) in [5.74, 6) is -0.522. The van der Waals surface area contributed by atoms with Gasteiger partial charge >= 0.3 is 5.97 Å². The molecule has 0 spiro atoms. The van der Waals surface area contributed by atoms with E-state index in [0.717, 1.165) is 77.0 Å². The van der Waals surface area contributed by atoms with E-state index in [0.29, 0.717) is 19.3 Å². The topological polar surface area (TPSA) is 95.9 Å². The summed E-state index contributed by atoms with van der Waals surface area (Å²) in [6.45, 7) is 6.36. The fraction of sp³-hybridized carbons (Fsp3) is 0.818. The molecule has 0 aromatic heterocycles. The second-order valence-electron chi connectivity index (χ2n) is 17.9. The lowest BCUT2D eigenvalue weighted by Gasteiger charge is -2.24. The summed E-state index contributed by atoms with van der Waals surface area (Å²) in [5, 5.41) is 23.8. The van der Waals surface area contributed by atoms with Crippen molar-refractivity contribution < 1.29 is 24.5 Å². The maximum Gasteiger partial charge on any atom is 0.306 e. The number of amides is 1. The van der Waals surface area contributed by atoms with Gasteiger partial charge in [0.25, 0.3) is 0 Å². The van der Waals surface area contributed by atoms with Crippen molar-refractivity contribution in [1.29, 1.82) is 0 Å². The summed E-state index contributed by atoms with van der Waals surface area (Å²) in [7, 11) is 0. The number of nitrogens with one attached hydrogen (secondary N) is 1. The Kier molecular flexibility index (Phi) is 47.1. The number of aliphatic hydroxyl groups excluding tert-OH is 2. The van der Waals surface area contributed by atoms with E-state index < -0.39 is 18.2 Å². The standard InChI is InChI=1S/C55H101NO5/c1-4-7-10-13-16-19-22-24-26-27-28-30-33-35-38-41-44-47-53(58)52(50-57)56-54(59)49-51(46-43-40-37-34-32-29-25-23-20-17-14-11-8-5-2)61-55(60)48-45-42-39-36-31-21-18-15-12-9-6-3/h8,11,17,20,25,29,34,37,51-53,57-58H,4-7,9-10,12-16,18-19,21-24,26-28,30-33,35-36,38-50H2,1-3H3,(H,56,59)/b11-8+,20-17+,29-25+,37-34+. The Hall–Kier alpha value is -2.18. The number of unbranched alkanes of at least 4 members (excludes halogenated alkanes) is 27. The third kappa shape index (κ3) is 44.2. The highest BCUT2D eigenvalue weighted by Gasteiger charge is 2.24. The molecular weight excluding hydrogens is 755 g/mol. The fourth-order valence-electron chi connectivity index (χ4n) is 7.96. The molecule has 0 saturated heterocycles. The smallest absolute Gasteiger partial charge is 0.306 e. The van der Waals surface area contributed by atoms with Gasteiger partial charge in [0.1, 0.15) is 6.10 Å². The summed E-state index contributed by atoms with van der Waals surface area (Å²) < 4.78 is 5.90. The number of carbonyl (C=O) groups excluding carboxylic acids is 2. The SMILES string of the molecule is CC/C=C/C/C=C/C/C=C/C/C=C/CCCC(CC(=O)NC(CO)C(O)CCCCCCCCCCCCCCCCCCC)OC(=O)CCCCCCCCCCCCC. The van der Waals surface area contributed by atoms with E-state index in [1.54, 1.807) is 0 Å². The molecular formula is C55H101NO5. The zero-order chi connectivity index (χ0) is 44.5. The van der Waals surface area contributed by atoms with Crippen molar-refractivity contribution in [2.24, 2.45) is 0 Å². The van der Waals surface area contributed by atoms with E-state index in [-0.39, 0.29) is 24.9 Å². The van der Waals surface area contributed by atoms with Gasteiger partial charge in [0.2, 0.25) is 5.91 Å². The van der Waals surface area contributed by atoms with Gasteiger partial charge < -0.3 is 20.3 Å². The highest BCUT2D eigenvalue weighted by atomic mass is 16.5. The first-order valence-electron chi connectivity index (χ1n) is 26.4. The van der Waals surface area contributed by atoms with Crippen LogP contribution in [0.15, 0.2) is 48.6 Å². The Morgan fingerprint density at radius 1 is 0.492 bits per heavy atom. The predicted molar refractivity (Wildman–Crippen MR) is 264 cm³/mol. The molecule has 3 unspecified atom stereocenters. The van der Waals surface area contributed by atoms with Crippen LogP contribution in [0.25, 0.3) is 0 Å². The quantitative estimate of drug-likeness (QED) is 0.0322. The average Bonchev–Trinajstić information content (AvgIpc) is 3.25. The molecule has 0 rings (SSSR count). The van der Waals surface area contributed by atoms with Gasteiger partial charge in [0.05, 0.1) is 25.2 Å². The van der Waals surface area contributed by atoms with E-state index >= 15 is 0 Å². The molecule has 3 atom stereocenters. The van der Waals surface area contributed by atoms with Crippen LogP contribution in [0.1, 0.15) is 265 Å². The van der Waals surface area contributed by atoms with Crippen LogP contribution in [0, 0.1) is 0 Å². The number of hydrogen-bond acceptors (Lipinski definition) is 5. The van der Waals surface area contributed by atoms with Gasteiger partial charge in [-0.1, -0.05) is 243 Å². The van der Waals surface area contributed by atoms with Crippen LogP contribution < -0.4 is 5.32 Å². The zero-order valence-electron chi connectivity index (χ0n) is 40.5. The molecule has 6 heteroatoms. The molecule has 0 aliphatic rings. The first-order valence-corrected chi connectivity index (χ1v) is 26.4. The number of aliphatic hydroxyl groups is 2. The van der Waals surface area contributed by atoms with Gasteiger partial charge in [-0.05, 0) is 57.8 Å². The zero-order valence-corrected chi connectivity index (χ0v) is 40.5. The van der Waals surface area contributed by atoms with Crippen molar-refractivity contribution >= 4 is 11.9 Å². The number of rotatable bonds is 47. The molecule has 3 N–H and O–H groups in total. The van der Waals surface area contributed by atoms with Gasteiger partial charge in [0.15, 0.2) is 0 Å². The Labute approximate surface area is 378 Å². The molecule has 0 aliphatic carbocycles. The highest BCUT2D eigenvalue weighted by Crippen LogP contribution is 2.18. The van der Waals surface area contributed by atoms with Crippen LogP contribution >= 0.6 is 0 Å². The maximum absolute atomic E-state index is 13.2. The summed E-state index contributed by atoms with van der Waals surface area (Å²) in [4.78, 5) is 26.1. The maximum atomic E-state index is 13.2. The van der Waals surface area contributed by atoms with Gasteiger partial charge in [-0.3, -0.25) is 9.59 Å². The predicted octanol–water partition coefficient (Wildman–Crippen LogP) is 15.8. The molecule has 0 fully saturated rings. The van der Waals surface area contributed by atoms with Crippen LogP contribution in [0.3, 0.4) is 0 Å². The number of esters is 1. The first-order chi connectivity index (χ1) is 30.0. The first kappa shape index (κ1) is 58.8. The number of hydrogen-bond donors (Lipinski definition) is 3. The minimum absolute atomic E-state index is 0.0422. The second kappa shape index (κ2) is 48.8. The van der Waals surface area contributed by atoms with E-state index in [9.17, 15) is 19.8 Å². The Morgan fingerprint density at radius 3 is 1.31 bits per heavy atom. The van der Waals surface area contributed by atoms with Crippen LogP contribution in [0.5, 0.6) is 0 Å². The number of allylic oxidation sites excluding steroid dienone is 8. The fourth-order valence-corrected chi connectivity index (χ4v) is 7.96. The van der Waals surface area contributed by atoms with Crippen molar-refractivity contribution in [2.45, 2.75) is 283 Å². The van der Waals surface area contributed by atoms with Crippen LogP contribution in [-0.4, -0.2) is 46.9 Å². The summed E-state index contributed by atoms with van der Waals surface area (Å²) in [6, 6.07) is -0.717. The van der Waals surface area contributed by atoms with E-state index in [2.05, 4.69) is 74.7 Å². The van der Waals surface area contributed by atoms with Crippen LogP contribution in [0.4, 0.5) is 0 Å². The lowest BCUT2D eigenvalue weighted by atomic mass is 10.0. The van der Waals surface area contributed by atoms with Crippen molar-refractivity contribution in [1.82, 2.24) is 5.32 Å². The van der Waals surface area contributed by atoms with Gasteiger partial charge in [-0.2, -0.15) is 0 Å². The minimum Gasteiger partial charge on any atom is -0.462 e. The highest BCUT2D eigenvalue weighted by molar-refractivity contribution is 5.77. The van der Waals surface area contributed by atoms with Gasteiger partial charge in [0, 0.05) is 6.42 Å². The molecule has 0 heterocycles. The molecule has 1 amide bonds. The molecule has 61 heavy (non-hydrogen) atoms. The van der Waals surface area contributed by atoms with Crippen molar-refractivity contribution in [2.75, 3.05) is 6.61 Å². The minimum atomic E-state index is -0.800. The van der Waals surface area contributed by atoms with E-state index in [4.69, 9.17) is 4.74 Å². The monoisotopic (exact) mass is 856 g/mol. The Morgan fingerprint density at radius 2 is 0.885 bits per heavy atom. The summed E-state index contributed by atoms with van der Waals surface area (Å²) in [6.07, 6.45) is 58.9. The molecule has 6 nitrogen and oxygen atoms in total. The average molecular weight is 856 g/mol.